The molecular weight excluding hydrogens is 287 g/mol. The van der Waals surface area contributed by atoms with Crippen molar-refractivity contribution in [1.82, 2.24) is 4.98 Å². The molecule has 0 unspecified atom stereocenters. The van der Waals surface area contributed by atoms with Crippen molar-refractivity contribution in [3.8, 4) is 11.3 Å². The minimum Gasteiger partial charge on any atom is -1.00 e. The van der Waals surface area contributed by atoms with Gasteiger partial charge in [-0.3, -0.25) is 0 Å². The van der Waals surface area contributed by atoms with Crippen LogP contribution < -0.4 is 28.5 Å². The van der Waals surface area contributed by atoms with E-state index in [-0.39, 0.29) is 24.0 Å². The van der Waals surface area contributed by atoms with Crippen LogP contribution in [0.1, 0.15) is 1.37 Å². The normalized spacial score (nSPS) is 10.2. The van der Waals surface area contributed by atoms with E-state index in [1.807, 2.05) is 37.4 Å². The van der Waals surface area contributed by atoms with Crippen molar-refractivity contribution < 1.29 is 29.9 Å². The molecule has 2 rings (SSSR count). The van der Waals surface area contributed by atoms with Crippen LogP contribution in [0.5, 0.6) is 0 Å². The van der Waals surface area contributed by atoms with Gasteiger partial charge in [0.1, 0.15) is 1.37 Å². The van der Waals surface area contributed by atoms with Crippen LogP contribution in [0.15, 0.2) is 48.9 Å². The summed E-state index contributed by atoms with van der Waals surface area (Å²) >= 11 is 0. The molecule has 0 fully saturated rings. The number of nitrogens with zero attached hydrogens (tertiary/aromatic N) is 2. The molecule has 2 aromatic rings. The molecule has 0 aliphatic rings. The first-order valence-electron chi connectivity index (χ1n) is 4.65. The Morgan fingerprint density at radius 1 is 1.21 bits per heavy atom. The molecule has 0 bridgehead atoms. The largest absolute Gasteiger partial charge is 1.00 e. The zero-order valence-electron chi connectivity index (χ0n) is 8.81. The summed E-state index contributed by atoms with van der Waals surface area (Å²) in [4.78, 5) is 4.25. The van der Waals surface area contributed by atoms with E-state index in [2.05, 4.69) is 4.98 Å². The van der Waals surface area contributed by atoms with Crippen molar-refractivity contribution in [2.24, 2.45) is 7.05 Å². The van der Waals surface area contributed by atoms with E-state index in [1.54, 1.807) is 17.0 Å². The highest BCUT2D eigenvalue weighted by atomic mass is 127. The van der Waals surface area contributed by atoms with Gasteiger partial charge in [0.15, 0.2) is 5.69 Å². The van der Waals surface area contributed by atoms with Crippen LogP contribution in [-0.2, 0) is 7.05 Å². The van der Waals surface area contributed by atoms with Gasteiger partial charge in [-0.05, 0) is 4.98 Å². The molecule has 3 heteroatoms. The third-order valence-electron chi connectivity index (χ3n) is 1.84. The van der Waals surface area contributed by atoms with Gasteiger partial charge in [-0.2, -0.15) is 0 Å². The highest BCUT2D eigenvalue weighted by Gasteiger charge is 2.02. The average molecular weight is 299 g/mol. The molecule has 0 aliphatic heterocycles. The van der Waals surface area contributed by atoms with E-state index >= 15 is 0 Å². The molecule has 0 N–H and O–H groups in total. The summed E-state index contributed by atoms with van der Waals surface area (Å²) in [5.74, 6) is 0. The molecule has 0 spiro atoms. The van der Waals surface area contributed by atoms with E-state index in [9.17, 15) is 0 Å². The molecule has 14 heavy (non-hydrogen) atoms. The average Bonchev–Trinajstić information content (AvgIpc) is 2.23. The quantitative estimate of drug-likeness (QED) is 0.466. The van der Waals surface area contributed by atoms with E-state index < -0.39 is 0 Å². The number of hydrogen-bond donors (Lipinski definition) is 0. The van der Waals surface area contributed by atoms with Gasteiger partial charge in [0.05, 0.1) is 13.2 Å². The summed E-state index contributed by atoms with van der Waals surface area (Å²) in [7, 11) is 1.81. The lowest BCUT2D eigenvalue weighted by atomic mass is 10.1. The van der Waals surface area contributed by atoms with Crippen LogP contribution >= 0.6 is 0 Å². The van der Waals surface area contributed by atoms with Crippen molar-refractivity contribution in [2.75, 3.05) is 0 Å². The molecular formula is C11H11IN2. The van der Waals surface area contributed by atoms with Crippen LogP contribution in [0, 0.1) is 0 Å². The van der Waals surface area contributed by atoms with Gasteiger partial charge in [0, 0.05) is 11.6 Å². The molecule has 1 aromatic heterocycles. The number of aryl methyl sites for hydroxylation is 1. The molecule has 0 saturated carbocycles. The fourth-order valence-electron chi connectivity index (χ4n) is 1.15. The first-order valence-corrected chi connectivity index (χ1v) is 4.15. The summed E-state index contributed by atoms with van der Waals surface area (Å²) in [6.07, 6.45) is 2.11. The molecule has 1 heterocycles. The summed E-state index contributed by atoms with van der Waals surface area (Å²) in [6.45, 7) is 0. The van der Waals surface area contributed by atoms with Gasteiger partial charge in [-0.15, -0.1) is 0 Å². The van der Waals surface area contributed by atoms with Crippen molar-refractivity contribution in [1.29, 1.82) is 0 Å². The van der Waals surface area contributed by atoms with Crippen LogP contribution in [0.25, 0.3) is 11.3 Å². The van der Waals surface area contributed by atoms with E-state index in [0.717, 1.165) is 11.3 Å². The molecule has 1 aromatic carbocycles. The fraction of sp³-hybridized carbons (Fsp3) is 0.0909. The second-order valence-corrected chi connectivity index (χ2v) is 2.88. The molecule has 0 radical (unpaired) electrons. The second-order valence-electron chi connectivity index (χ2n) is 2.88. The van der Waals surface area contributed by atoms with Gasteiger partial charge in [0.25, 0.3) is 6.33 Å². The Labute approximate surface area is 102 Å². The smallest absolute Gasteiger partial charge is 0.286 e. The Bertz CT molecular complexity index is 446. The van der Waals surface area contributed by atoms with Gasteiger partial charge < -0.3 is 24.0 Å². The van der Waals surface area contributed by atoms with Crippen LogP contribution in [0.3, 0.4) is 0 Å². The number of hydrogen-bond acceptors (Lipinski definition) is 1. The lowest BCUT2D eigenvalue weighted by molar-refractivity contribution is -0.674. The topological polar surface area (TPSA) is 16.8 Å². The van der Waals surface area contributed by atoms with Crippen LogP contribution in [0.4, 0.5) is 0 Å². The SMILES string of the molecule is [2H]c1cc(-c2ccccc2)nc[n+]1C.[I-]. The Balaban J connectivity index is 0.00000112. The van der Waals surface area contributed by atoms with Gasteiger partial charge >= 0.3 is 0 Å². The summed E-state index contributed by atoms with van der Waals surface area (Å²) in [6, 6.07) is 11.6. The van der Waals surface area contributed by atoms with E-state index in [1.165, 1.54) is 0 Å². The zero-order chi connectivity index (χ0) is 9.97. The standard InChI is InChI=1S/C11H11N2.HI/c1-13-8-7-11(12-9-13)10-5-3-2-4-6-10;/h2-9H,1H3;1H/q+1;/p-1/i8D;. The molecule has 0 amide bonds. The minimum absolute atomic E-state index is 0. The highest BCUT2D eigenvalue weighted by Crippen LogP contribution is 2.13. The predicted octanol–water partition coefficient (Wildman–Crippen LogP) is -1.42. The molecule has 72 valence electrons. The van der Waals surface area contributed by atoms with Crippen molar-refractivity contribution in [2.45, 2.75) is 0 Å². The molecule has 2 nitrogen and oxygen atoms in total. The van der Waals surface area contributed by atoms with Gasteiger partial charge in [-0.1, -0.05) is 30.3 Å². The predicted molar refractivity (Wildman–Crippen MR) is 50.8 cm³/mol. The van der Waals surface area contributed by atoms with Crippen LogP contribution in [-0.4, -0.2) is 4.98 Å². The third kappa shape index (κ3) is 2.51. The maximum Gasteiger partial charge on any atom is 0.286 e. The van der Waals surface area contributed by atoms with Gasteiger partial charge in [0.2, 0.25) is 0 Å². The van der Waals surface area contributed by atoms with Crippen molar-refractivity contribution >= 4 is 0 Å². The number of halogens is 1. The maximum atomic E-state index is 7.63. The highest BCUT2D eigenvalue weighted by molar-refractivity contribution is 5.57. The Kier molecular flexibility index (Phi) is 3.45. The lowest BCUT2D eigenvalue weighted by Gasteiger charge is -1.93. The molecule has 0 aliphatic carbocycles. The van der Waals surface area contributed by atoms with E-state index in [4.69, 9.17) is 1.37 Å². The zero-order valence-corrected chi connectivity index (χ0v) is 9.97. The summed E-state index contributed by atoms with van der Waals surface area (Å²) in [5, 5.41) is 0. The number of aromatic nitrogens is 2. The maximum absolute atomic E-state index is 7.63. The summed E-state index contributed by atoms with van der Waals surface area (Å²) < 4.78 is 9.31. The Hall–Kier alpha value is -0.970. The fourth-order valence-corrected chi connectivity index (χ4v) is 1.15. The number of rotatable bonds is 1. The first-order chi connectivity index (χ1) is 6.77. The van der Waals surface area contributed by atoms with Crippen molar-refractivity contribution in [3.05, 3.63) is 48.9 Å². The monoisotopic (exact) mass is 299 g/mol. The number of benzene rings is 1. The molecule has 0 saturated heterocycles. The Morgan fingerprint density at radius 2 is 1.93 bits per heavy atom. The Morgan fingerprint density at radius 3 is 2.57 bits per heavy atom. The van der Waals surface area contributed by atoms with E-state index in [0.29, 0.717) is 6.17 Å². The molecule has 0 atom stereocenters. The minimum atomic E-state index is 0. The van der Waals surface area contributed by atoms with Crippen LogP contribution in [0.2, 0.25) is 0 Å². The second kappa shape index (κ2) is 5.05. The van der Waals surface area contributed by atoms with Gasteiger partial charge in [-0.25, -0.2) is 4.57 Å². The third-order valence-corrected chi connectivity index (χ3v) is 1.84. The van der Waals surface area contributed by atoms with Crippen molar-refractivity contribution in [3.63, 3.8) is 0 Å². The lowest BCUT2D eigenvalue weighted by Crippen LogP contribution is -3.00. The summed E-state index contributed by atoms with van der Waals surface area (Å²) in [5.41, 5.74) is 1.88. The first kappa shape index (κ1) is 9.58.